The predicted molar refractivity (Wildman–Crippen MR) is 57.3 cm³/mol. The van der Waals surface area contributed by atoms with E-state index in [1.165, 1.54) is 5.57 Å². The van der Waals surface area contributed by atoms with E-state index in [1.54, 1.807) is 4.90 Å². The molecule has 0 radical (unpaired) electrons. The lowest BCUT2D eigenvalue weighted by Gasteiger charge is -2.31. The Bertz CT molecular complexity index is 302. The molecule has 4 heteroatoms. The maximum absolute atomic E-state index is 12.9. The van der Waals surface area contributed by atoms with E-state index in [0.29, 0.717) is 6.42 Å². The highest BCUT2D eigenvalue weighted by atomic mass is 19.3. The Hall–Kier alpha value is -0.930. The van der Waals surface area contributed by atoms with Crippen LogP contribution in [-0.2, 0) is 4.79 Å². The molecule has 16 heavy (non-hydrogen) atoms. The molecule has 0 aromatic carbocycles. The molecule has 1 saturated heterocycles. The number of hydrogen-bond donors (Lipinski definition) is 0. The van der Waals surface area contributed by atoms with Gasteiger partial charge in [0.25, 0.3) is 5.92 Å². The quantitative estimate of drug-likeness (QED) is 0.667. The molecule has 1 aliphatic carbocycles. The standard InChI is InChI=1S/C12H17F2NO/c13-12(14)5-7-15(8-6-12)11(16)9-10-3-1-2-4-10/h3H,1-2,4-9H2. The van der Waals surface area contributed by atoms with Crippen molar-refractivity contribution in [3.05, 3.63) is 11.6 Å². The van der Waals surface area contributed by atoms with E-state index in [4.69, 9.17) is 0 Å². The molecule has 0 unspecified atom stereocenters. The first-order chi connectivity index (χ1) is 7.57. The lowest BCUT2D eigenvalue weighted by Crippen LogP contribution is -2.42. The molecule has 1 amide bonds. The van der Waals surface area contributed by atoms with Crippen LogP contribution in [0, 0.1) is 0 Å². The van der Waals surface area contributed by atoms with Crippen LogP contribution in [0.15, 0.2) is 11.6 Å². The Morgan fingerprint density at radius 3 is 2.62 bits per heavy atom. The van der Waals surface area contributed by atoms with Crippen LogP contribution >= 0.6 is 0 Å². The Labute approximate surface area is 94.3 Å². The normalized spacial score (nSPS) is 24.4. The van der Waals surface area contributed by atoms with Gasteiger partial charge < -0.3 is 4.90 Å². The molecule has 90 valence electrons. The molecule has 0 aromatic rings. The highest BCUT2D eigenvalue weighted by Gasteiger charge is 2.35. The molecule has 2 aliphatic rings. The Balaban J connectivity index is 1.82. The fourth-order valence-electron chi connectivity index (χ4n) is 2.29. The number of halogens is 2. The minimum Gasteiger partial charge on any atom is -0.342 e. The topological polar surface area (TPSA) is 20.3 Å². The third-order valence-electron chi connectivity index (χ3n) is 3.36. The predicted octanol–water partition coefficient (Wildman–Crippen LogP) is 2.74. The van der Waals surface area contributed by atoms with Gasteiger partial charge in [-0.05, 0) is 19.3 Å². The van der Waals surface area contributed by atoms with Crippen molar-refractivity contribution in [1.29, 1.82) is 0 Å². The van der Waals surface area contributed by atoms with Crippen molar-refractivity contribution in [2.24, 2.45) is 0 Å². The second-order valence-corrected chi connectivity index (χ2v) is 4.67. The molecule has 1 aliphatic heterocycles. The highest BCUT2D eigenvalue weighted by molar-refractivity contribution is 5.78. The number of hydrogen-bond acceptors (Lipinski definition) is 1. The molecule has 1 fully saturated rings. The Kier molecular flexibility index (Phi) is 3.26. The largest absolute Gasteiger partial charge is 0.342 e. The lowest BCUT2D eigenvalue weighted by molar-refractivity contribution is -0.136. The van der Waals surface area contributed by atoms with Crippen LogP contribution in [0.25, 0.3) is 0 Å². The summed E-state index contributed by atoms with van der Waals surface area (Å²) in [6, 6.07) is 0. The van der Waals surface area contributed by atoms with Gasteiger partial charge in [-0.3, -0.25) is 4.79 Å². The Morgan fingerprint density at radius 2 is 2.06 bits per heavy atom. The molecule has 2 nitrogen and oxygen atoms in total. The van der Waals surface area contributed by atoms with E-state index in [1.807, 2.05) is 0 Å². The van der Waals surface area contributed by atoms with Crippen molar-refractivity contribution in [2.75, 3.05) is 13.1 Å². The van der Waals surface area contributed by atoms with Gasteiger partial charge in [0, 0.05) is 32.4 Å². The number of allylic oxidation sites excluding steroid dienone is 1. The maximum Gasteiger partial charge on any atom is 0.251 e. The van der Waals surface area contributed by atoms with Crippen LogP contribution in [0.5, 0.6) is 0 Å². The number of alkyl halides is 2. The molecule has 0 N–H and O–H groups in total. The molecule has 2 rings (SSSR count). The summed E-state index contributed by atoms with van der Waals surface area (Å²) in [6.07, 6.45) is 5.36. The Morgan fingerprint density at radius 1 is 1.38 bits per heavy atom. The zero-order valence-electron chi connectivity index (χ0n) is 9.35. The first kappa shape index (κ1) is 11.6. The highest BCUT2D eigenvalue weighted by Crippen LogP contribution is 2.29. The van der Waals surface area contributed by atoms with Gasteiger partial charge in [-0.2, -0.15) is 0 Å². The van der Waals surface area contributed by atoms with E-state index < -0.39 is 5.92 Å². The first-order valence-electron chi connectivity index (χ1n) is 5.90. The van der Waals surface area contributed by atoms with Gasteiger partial charge >= 0.3 is 0 Å². The van der Waals surface area contributed by atoms with Crippen LogP contribution in [0.2, 0.25) is 0 Å². The van der Waals surface area contributed by atoms with Crippen LogP contribution in [0.3, 0.4) is 0 Å². The number of carbonyl (C=O) groups excluding carboxylic acids is 1. The van der Waals surface area contributed by atoms with Gasteiger partial charge in [-0.1, -0.05) is 11.6 Å². The molecule has 0 bridgehead atoms. The van der Waals surface area contributed by atoms with E-state index in [-0.39, 0.29) is 31.8 Å². The zero-order chi connectivity index (χ0) is 11.6. The summed E-state index contributed by atoms with van der Waals surface area (Å²) < 4.78 is 25.8. The molecular weight excluding hydrogens is 212 g/mol. The van der Waals surface area contributed by atoms with Crippen molar-refractivity contribution in [1.82, 2.24) is 4.90 Å². The third kappa shape index (κ3) is 2.80. The van der Waals surface area contributed by atoms with Crippen molar-refractivity contribution in [2.45, 2.75) is 44.4 Å². The van der Waals surface area contributed by atoms with E-state index in [2.05, 4.69) is 6.08 Å². The number of carbonyl (C=O) groups is 1. The smallest absolute Gasteiger partial charge is 0.251 e. The molecule has 0 aromatic heterocycles. The third-order valence-corrected chi connectivity index (χ3v) is 3.36. The van der Waals surface area contributed by atoms with Crippen LogP contribution in [-0.4, -0.2) is 29.8 Å². The SMILES string of the molecule is O=C(CC1=CCCC1)N1CCC(F)(F)CC1. The fraction of sp³-hybridized carbons (Fsp3) is 0.750. The van der Waals surface area contributed by atoms with Crippen molar-refractivity contribution >= 4 is 5.91 Å². The zero-order valence-corrected chi connectivity index (χ0v) is 9.35. The summed E-state index contributed by atoms with van der Waals surface area (Å²) in [4.78, 5) is 13.4. The maximum atomic E-state index is 12.9. The minimum absolute atomic E-state index is 0.0173. The van der Waals surface area contributed by atoms with Gasteiger partial charge in [-0.25, -0.2) is 8.78 Å². The van der Waals surface area contributed by atoms with Gasteiger partial charge in [-0.15, -0.1) is 0 Å². The van der Waals surface area contributed by atoms with E-state index >= 15 is 0 Å². The van der Waals surface area contributed by atoms with Gasteiger partial charge in [0.1, 0.15) is 0 Å². The minimum atomic E-state index is -2.57. The summed E-state index contributed by atoms with van der Waals surface area (Å²) in [5.74, 6) is -2.55. The molecule has 0 saturated carbocycles. The summed E-state index contributed by atoms with van der Waals surface area (Å²) in [5, 5.41) is 0. The molecule has 1 heterocycles. The fourth-order valence-corrected chi connectivity index (χ4v) is 2.29. The van der Waals surface area contributed by atoms with Crippen LogP contribution in [0.4, 0.5) is 8.78 Å². The van der Waals surface area contributed by atoms with Crippen molar-refractivity contribution < 1.29 is 13.6 Å². The van der Waals surface area contributed by atoms with Gasteiger partial charge in [0.15, 0.2) is 0 Å². The molecular formula is C12H17F2NO. The van der Waals surface area contributed by atoms with Crippen molar-refractivity contribution in [3.63, 3.8) is 0 Å². The summed E-state index contributed by atoms with van der Waals surface area (Å²) in [6.45, 7) is 0.415. The lowest BCUT2D eigenvalue weighted by atomic mass is 10.1. The van der Waals surface area contributed by atoms with Gasteiger partial charge in [0.2, 0.25) is 5.91 Å². The average Bonchev–Trinajstić information content (AvgIpc) is 2.70. The summed E-state index contributed by atoms with van der Waals surface area (Å²) >= 11 is 0. The summed E-state index contributed by atoms with van der Waals surface area (Å²) in [7, 11) is 0. The van der Waals surface area contributed by atoms with Crippen LogP contribution < -0.4 is 0 Å². The van der Waals surface area contributed by atoms with E-state index in [9.17, 15) is 13.6 Å². The number of amides is 1. The second kappa shape index (κ2) is 4.52. The number of likely N-dealkylation sites (tertiary alicyclic amines) is 1. The van der Waals surface area contributed by atoms with Gasteiger partial charge in [0.05, 0.1) is 0 Å². The van der Waals surface area contributed by atoms with Crippen LogP contribution in [0.1, 0.15) is 38.5 Å². The van der Waals surface area contributed by atoms with Crippen molar-refractivity contribution in [3.8, 4) is 0 Å². The number of piperidine rings is 1. The second-order valence-electron chi connectivity index (χ2n) is 4.67. The monoisotopic (exact) mass is 229 g/mol. The van der Waals surface area contributed by atoms with E-state index in [0.717, 1.165) is 19.3 Å². The summed E-state index contributed by atoms with van der Waals surface area (Å²) in [5.41, 5.74) is 1.18. The first-order valence-corrected chi connectivity index (χ1v) is 5.90. The number of rotatable bonds is 2. The molecule has 0 spiro atoms. The molecule has 0 atom stereocenters. The average molecular weight is 229 g/mol. The number of nitrogens with zero attached hydrogens (tertiary/aromatic N) is 1.